The molecule has 34 nitrogen and oxygen atoms in total. The topological polar surface area (TPSA) is 492 Å². The van der Waals surface area contributed by atoms with Gasteiger partial charge in [-0.05, 0) is 167 Å². The Hall–Kier alpha value is -12.8. The monoisotopic (exact) mass is 2020 g/mol. The first-order chi connectivity index (χ1) is 60.6. The van der Waals surface area contributed by atoms with E-state index in [2.05, 4.69) is 46.6 Å². The van der Waals surface area contributed by atoms with Gasteiger partial charge < -0.3 is 75.8 Å². The van der Waals surface area contributed by atoms with Gasteiger partial charge in [-0.25, -0.2) is 50.9 Å². The number of carboxylic acids is 2. The normalized spacial score (nSPS) is 11.4. The summed E-state index contributed by atoms with van der Waals surface area (Å²) < 4.78 is 81.7. The Morgan fingerprint density at radius 2 is 1.02 bits per heavy atom. The summed E-state index contributed by atoms with van der Waals surface area (Å²) in [5.74, 6) is -9.29. The Bertz CT molecular complexity index is 6050. The average Bonchev–Trinajstić information content (AvgIpc) is 1.54. The number of aldehydes is 1. The number of ether oxygens (including phenoxy) is 1. The molecule has 12 aromatic rings. The minimum atomic E-state index is -6.03. The maximum Gasteiger partial charge on any atom is 2.00 e. The number of aromatic nitrogens is 6. The number of benzene rings is 9. The zero-order valence-corrected chi connectivity index (χ0v) is 78.2. The van der Waals surface area contributed by atoms with Gasteiger partial charge in [-0.1, -0.05) is 30.3 Å². The van der Waals surface area contributed by atoms with Crippen molar-refractivity contribution in [1.29, 1.82) is 5.26 Å². The van der Waals surface area contributed by atoms with E-state index in [0.29, 0.717) is 74.4 Å². The third-order valence-electron chi connectivity index (χ3n) is 15.9. The molecule has 5 heterocycles. The molecular weight excluding hydrogens is 1940 g/mol. The van der Waals surface area contributed by atoms with Crippen LogP contribution in [0, 0.1) is 78.2 Å². The number of nitriles is 1. The van der Waals surface area contributed by atoms with E-state index in [1.54, 1.807) is 112 Å². The fourth-order valence-electron chi connectivity index (χ4n) is 10.7. The first-order valence-corrected chi connectivity index (χ1v) is 41.3. The molecular formula is C88H82AlBrF4ILiMgN13NaO21. The van der Waals surface area contributed by atoms with Crippen LogP contribution in [-0.4, -0.2) is 164 Å². The Labute approximate surface area is 828 Å². The van der Waals surface area contributed by atoms with Crippen LogP contribution in [0.3, 0.4) is 0 Å². The molecule has 0 radical (unpaired) electrons. The molecule has 0 bridgehead atoms. The third kappa shape index (κ3) is 35.2. The molecule has 14 rings (SSSR count). The number of aliphatic hydroxyl groups excluding tert-OH is 2. The molecule has 2 aliphatic rings. The van der Waals surface area contributed by atoms with Gasteiger partial charge in [0, 0.05) is 47.1 Å². The fraction of sp³-hybridized carbons (Fsp3) is 0.136. The van der Waals surface area contributed by atoms with E-state index in [1.165, 1.54) is 106 Å². The van der Waals surface area contributed by atoms with E-state index < -0.39 is 102 Å². The van der Waals surface area contributed by atoms with Crippen LogP contribution in [-0.2, 0) is 54.3 Å². The van der Waals surface area contributed by atoms with Crippen LogP contribution < -0.4 is 92.8 Å². The first-order valence-electron chi connectivity index (χ1n) is 36.7. The number of carboxylic acid groups (broad SMARTS) is 2. The number of nitrogen functional groups attached to an aromatic ring is 2. The van der Waals surface area contributed by atoms with Gasteiger partial charge >= 0.3 is 212 Å². The molecule has 674 valence electrons. The number of aryl methyl sites for hydroxylation is 3. The molecule has 0 spiro atoms. The van der Waals surface area contributed by atoms with Gasteiger partial charge in [-0.2, -0.15) is 57.0 Å². The van der Waals surface area contributed by atoms with E-state index in [9.17, 15) is 60.7 Å². The van der Waals surface area contributed by atoms with Crippen LogP contribution in [0.4, 0.5) is 51.7 Å². The molecule has 10 N–H and O–H groups in total. The number of amides is 2. The number of carbonyl (C=O) groups excluding carboxylic acids is 8. The van der Waals surface area contributed by atoms with Crippen molar-refractivity contribution in [2.75, 3.05) is 35.3 Å². The molecule has 2 amide bonds. The van der Waals surface area contributed by atoms with Crippen LogP contribution in [0.25, 0.3) is 26.8 Å². The molecule has 0 saturated carbocycles. The zero-order valence-electron chi connectivity index (χ0n) is 72.1. The van der Waals surface area contributed by atoms with E-state index in [-0.39, 0.29) is 169 Å². The van der Waals surface area contributed by atoms with Crippen LogP contribution in [0.2, 0.25) is 0 Å². The molecule has 0 aliphatic carbocycles. The van der Waals surface area contributed by atoms with Gasteiger partial charge in [0.15, 0.2) is 40.7 Å². The second-order valence-corrected chi connectivity index (χ2v) is 32.4. The number of nitrogens with one attached hydrogen (secondary N) is 2. The predicted octanol–water partition coefficient (Wildman–Crippen LogP) is 3.54. The first kappa shape index (κ1) is 117. The Balaban J connectivity index is 0.00000154. The van der Waals surface area contributed by atoms with E-state index in [1.807, 2.05) is 36.4 Å². The fourth-order valence-corrected chi connectivity index (χ4v) is 18.5. The van der Waals surface area contributed by atoms with Crippen molar-refractivity contribution in [2.24, 2.45) is 0 Å². The number of anilines is 4. The van der Waals surface area contributed by atoms with E-state index >= 15 is 0 Å². The minimum absolute atomic E-state index is 0. The van der Waals surface area contributed by atoms with Gasteiger partial charge in [0.05, 0.1) is 83.3 Å². The number of nitrogens with zero attached hydrogens (tertiary/aromatic N) is 9. The molecule has 3 aromatic heterocycles. The maximum absolute atomic E-state index is 13.5. The SMILES string of the molecule is C1CCOC1.CC(=O)OI1(OC(C)=O)(OC(C)=O)OC(=O)c2ccccc21.Cc1cc(C(=O)O)n(-c2cccc(C#N)c2)n1.Nc1ccc(F)c(C(=O)O)c1.Nc1ccc(F)c(CO)c1.O=CO[O-].[AlH3].[Br-].[C-]#[N+]c1cccc(-n2nc(C)cc2C(=O)Nc2ccc(F)c(C=O)c2)c1.[C-]#[N+]c1cccc(-n2nc(C)cc2C(=O)Nc2ccc(F)c(CO)c2)c1.[H-].[Li+].[Mg+2].[Na+].[c-]1ccccc1. The summed E-state index contributed by atoms with van der Waals surface area (Å²) in [4.78, 5) is 122. The molecule has 2 aliphatic heterocycles. The molecule has 1 saturated heterocycles. The Morgan fingerprint density at radius 1 is 0.591 bits per heavy atom. The number of hydrogen-bond donors (Lipinski definition) is 8. The van der Waals surface area contributed by atoms with Crippen LogP contribution in [0.1, 0.15) is 131 Å². The van der Waals surface area contributed by atoms with Crippen LogP contribution in [0.5, 0.6) is 0 Å². The standard InChI is InChI=1S/C19H15FN4O2.C19H13FN4O2.C13H13IO8.C12H9N3O2.C7H6FNO2.C7H8FNO.C6H5.C4H8O.CH2O3.Al.BrH.Li.Mg.Na.4H/c2*1-12-8-18(24(23-12)16-5-3-4-14(10-16)21-2)19(26)22-15-6-7-17(20)13(9-15)11-25;1-8(15)19-14(20-9(2)16,21-10(3)17)12-7-5-4-6-11(12)13(18)22-14;1-8-5-11(12(16)17)15(14-8)10-4-2-3-9(6-10)7-13;8-6-2-1-4(9)3-5(6)7(10)11;8-7-2-1-6(9)3-5(7)4-10;1-2-4-6-5-3-1;1-2-4-5-3-1;2-1-4-3;;;;;;;;;/h3-10,25H,11H2,1H3,(H,22,26);3-11H,1H3,(H,22,26);4-7H,1-3H3;2-6H,1H3,(H,16,17);1-3H,9H2,(H,10,11);1-3,10H,4,9H2;1-5H;1-4H2;1,3H;;1H;;;;;;;/q;;;;;;-1;;;;;+1;+2;+1;;;;-1/p-2. The van der Waals surface area contributed by atoms with Crippen molar-refractivity contribution in [3.63, 3.8) is 0 Å². The van der Waals surface area contributed by atoms with Gasteiger partial charge in [0.1, 0.15) is 34.7 Å². The van der Waals surface area contributed by atoms with Crippen molar-refractivity contribution in [2.45, 2.75) is 67.6 Å². The van der Waals surface area contributed by atoms with Crippen molar-refractivity contribution < 1.29 is 180 Å². The summed E-state index contributed by atoms with van der Waals surface area (Å²) in [5.41, 5.74) is 17.3. The van der Waals surface area contributed by atoms with Crippen molar-refractivity contribution in [3.05, 3.63) is 342 Å². The van der Waals surface area contributed by atoms with Crippen molar-refractivity contribution >= 4 is 154 Å². The Kier molecular flexibility index (Phi) is 51.6. The molecule has 1 fully saturated rings. The van der Waals surface area contributed by atoms with Gasteiger partial charge in [-0.3, -0.25) is 19.2 Å². The van der Waals surface area contributed by atoms with E-state index in [4.69, 9.17) is 77.4 Å². The minimum Gasteiger partial charge on any atom is -1.00 e. The summed E-state index contributed by atoms with van der Waals surface area (Å²) in [6.07, 6.45) is 2.94. The number of halogens is 6. The van der Waals surface area contributed by atoms with E-state index in [0.717, 1.165) is 52.2 Å². The van der Waals surface area contributed by atoms with Crippen LogP contribution >= 0.6 is 18.7 Å². The quantitative estimate of drug-likeness (QED) is 0.0100. The summed E-state index contributed by atoms with van der Waals surface area (Å²) in [7, 11) is 0. The van der Waals surface area contributed by atoms with Crippen molar-refractivity contribution in [1.82, 2.24) is 29.3 Å². The maximum atomic E-state index is 13.5. The van der Waals surface area contributed by atoms with Gasteiger partial charge in [0.25, 0.3) is 18.3 Å². The number of aliphatic hydroxyl groups is 2. The summed E-state index contributed by atoms with van der Waals surface area (Å²) in [6.45, 7) is 23.6. The second-order valence-electron chi connectivity index (χ2n) is 25.6. The number of fused-ring (bicyclic) bond motifs is 1. The molecule has 0 unspecified atom stereocenters. The van der Waals surface area contributed by atoms with Gasteiger partial charge in [-0.15, -0.1) is 0 Å². The zero-order chi connectivity index (χ0) is 93.5. The molecule has 9 aromatic carbocycles. The molecule has 132 heavy (non-hydrogen) atoms. The average molecular weight is 2020 g/mol. The number of carbonyl (C=O) groups is 10. The number of aromatic carboxylic acids is 2. The third-order valence-corrected chi connectivity index (χ3v) is 24.1. The Morgan fingerprint density at radius 3 is 1.41 bits per heavy atom. The molecule has 44 heteroatoms. The number of rotatable bonds is 16. The smallest absolute Gasteiger partial charge is 1.00 e. The number of hydrogen-bond acceptors (Lipinski definition) is 25. The summed E-state index contributed by atoms with van der Waals surface area (Å²) >= 11 is -6.03. The largest absolute Gasteiger partial charge is 2.00 e. The summed E-state index contributed by atoms with van der Waals surface area (Å²) in [5, 5.41) is 70.4. The van der Waals surface area contributed by atoms with Crippen molar-refractivity contribution in [3.8, 4) is 23.1 Å². The van der Waals surface area contributed by atoms with Gasteiger partial charge in [0.2, 0.25) is 0 Å². The predicted molar refractivity (Wildman–Crippen MR) is 473 cm³/mol. The summed E-state index contributed by atoms with van der Waals surface area (Å²) in [6, 6.07) is 60.4. The second kappa shape index (κ2) is 58.1. The molecule has 0 atom stereocenters. The van der Waals surface area contributed by atoms with Crippen LogP contribution in [0.15, 0.2) is 218 Å². The number of nitrogens with two attached hydrogens (primary N) is 2.